The van der Waals surface area contributed by atoms with Crippen LogP contribution in [0.3, 0.4) is 0 Å². The molecule has 9 heteroatoms. The standard InChI is InChI=1S/C29H26BrFN2O5/c1-37-14-13-32(29(36)21-5-4-6-23(30)15-21)18-27(34)33(16-20-9-11-24(31)12-10-20)17-22-19-38-26-8-3-2-7-25(26)28(22)35/h2-12,15,19H,13-14,16-18H2,1H3. The summed E-state index contributed by atoms with van der Waals surface area (Å²) in [5.74, 6) is -1.11. The SMILES string of the molecule is COCCN(CC(=O)N(Cc1ccc(F)cc1)Cc1coc2ccccc2c1=O)C(=O)c1cccc(Br)c1. The molecule has 0 saturated carbocycles. The minimum Gasteiger partial charge on any atom is -0.464 e. The number of amides is 2. The van der Waals surface area contributed by atoms with E-state index in [0.29, 0.717) is 27.7 Å². The lowest BCUT2D eigenvalue weighted by atomic mass is 10.1. The predicted octanol–water partition coefficient (Wildman–Crippen LogP) is 5.01. The minimum atomic E-state index is -0.396. The van der Waals surface area contributed by atoms with Gasteiger partial charge in [0.15, 0.2) is 5.43 Å². The molecule has 3 aromatic carbocycles. The second-order valence-corrected chi connectivity index (χ2v) is 9.61. The lowest BCUT2D eigenvalue weighted by Crippen LogP contribution is -2.44. The van der Waals surface area contributed by atoms with E-state index in [2.05, 4.69) is 15.9 Å². The summed E-state index contributed by atoms with van der Waals surface area (Å²) < 4.78 is 25.0. The second kappa shape index (κ2) is 12.6. The monoisotopic (exact) mass is 580 g/mol. The second-order valence-electron chi connectivity index (χ2n) is 8.69. The molecule has 0 aliphatic heterocycles. The Kier molecular flexibility index (Phi) is 9.04. The number of fused-ring (bicyclic) bond motifs is 1. The number of methoxy groups -OCH3 is 1. The third-order valence-electron chi connectivity index (χ3n) is 6.00. The highest BCUT2D eigenvalue weighted by molar-refractivity contribution is 9.10. The van der Waals surface area contributed by atoms with Crippen molar-refractivity contribution in [2.75, 3.05) is 26.8 Å². The first-order valence-corrected chi connectivity index (χ1v) is 12.7. The normalized spacial score (nSPS) is 10.9. The van der Waals surface area contributed by atoms with Gasteiger partial charge in [0.1, 0.15) is 17.9 Å². The molecular weight excluding hydrogens is 555 g/mol. The first-order chi connectivity index (χ1) is 18.4. The minimum absolute atomic E-state index is 0.0490. The molecule has 2 amide bonds. The highest BCUT2D eigenvalue weighted by Crippen LogP contribution is 2.17. The summed E-state index contributed by atoms with van der Waals surface area (Å²) in [6.45, 7) is 0.241. The van der Waals surface area contributed by atoms with Crippen molar-refractivity contribution in [2.45, 2.75) is 13.1 Å². The molecule has 0 unspecified atom stereocenters. The number of benzene rings is 3. The van der Waals surface area contributed by atoms with Gasteiger partial charge in [-0.15, -0.1) is 0 Å². The van der Waals surface area contributed by atoms with Gasteiger partial charge >= 0.3 is 0 Å². The third kappa shape index (κ3) is 6.73. The van der Waals surface area contributed by atoms with Crippen molar-refractivity contribution in [1.82, 2.24) is 9.80 Å². The molecule has 0 bridgehead atoms. The molecule has 1 aromatic heterocycles. The molecule has 4 aromatic rings. The van der Waals surface area contributed by atoms with Crippen molar-refractivity contribution in [3.8, 4) is 0 Å². The molecule has 7 nitrogen and oxygen atoms in total. The molecule has 0 spiro atoms. The number of carbonyl (C=O) groups excluding carboxylic acids is 2. The van der Waals surface area contributed by atoms with E-state index in [4.69, 9.17) is 9.15 Å². The Morgan fingerprint density at radius 3 is 2.47 bits per heavy atom. The first kappa shape index (κ1) is 27.2. The summed E-state index contributed by atoms with van der Waals surface area (Å²) in [7, 11) is 1.52. The lowest BCUT2D eigenvalue weighted by Gasteiger charge is -2.28. The van der Waals surface area contributed by atoms with Crippen LogP contribution < -0.4 is 5.43 Å². The van der Waals surface area contributed by atoms with Gasteiger partial charge in [0.2, 0.25) is 5.91 Å². The molecule has 4 rings (SSSR count). The highest BCUT2D eigenvalue weighted by Gasteiger charge is 2.24. The molecular formula is C29H26BrFN2O5. The Morgan fingerprint density at radius 2 is 1.74 bits per heavy atom. The van der Waals surface area contributed by atoms with Crippen molar-refractivity contribution in [1.29, 1.82) is 0 Å². The van der Waals surface area contributed by atoms with Gasteiger partial charge in [-0.3, -0.25) is 14.4 Å². The van der Waals surface area contributed by atoms with Gasteiger partial charge in [-0.2, -0.15) is 0 Å². The van der Waals surface area contributed by atoms with E-state index in [1.807, 2.05) is 0 Å². The molecule has 196 valence electrons. The Bertz CT molecular complexity index is 1490. The summed E-state index contributed by atoms with van der Waals surface area (Å²) in [5.41, 5.74) is 1.59. The maximum absolute atomic E-state index is 13.6. The third-order valence-corrected chi connectivity index (χ3v) is 6.50. The van der Waals surface area contributed by atoms with Crippen LogP contribution in [0.5, 0.6) is 0 Å². The van der Waals surface area contributed by atoms with E-state index in [1.54, 1.807) is 60.7 Å². The van der Waals surface area contributed by atoms with Crippen LogP contribution in [-0.4, -0.2) is 48.4 Å². The van der Waals surface area contributed by atoms with Crippen molar-refractivity contribution in [3.63, 3.8) is 0 Å². The van der Waals surface area contributed by atoms with Gasteiger partial charge in [-0.05, 0) is 48.0 Å². The molecule has 38 heavy (non-hydrogen) atoms. The van der Waals surface area contributed by atoms with Gasteiger partial charge in [-0.25, -0.2) is 4.39 Å². The quantitative estimate of drug-likeness (QED) is 0.263. The Hall–Kier alpha value is -3.82. The van der Waals surface area contributed by atoms with E-state index in [-0.39, 0.29) is 50.0 Å². The molecule has 1 heterocycles. The fourth-order valence-electron chi connectivity index (χ4n) is 4.00. The molecule has 0 N–H and O–H groups in total. The predicted molar refractivity (Wildman–Crippen MR) is 145 cm³/mol. The van der Waals surface area contributed by atoms with Crippen molar-refractivity contribution in [3.05, 3.63) is 116 Å². The fraction of sp³-hybridized carbons (Fsp3) is 0.207. The number of ether oxygens (including phenoxy) is 1. The smallest absolute Gasteiger partial charge is 0.254 e. The van der Waals surface area contributed by atoms with Crippen LogP contribution >= 0.6 is 15.9 Å². The maximum atomic E-state index is 13.6. The molecule has 0 aliphatic carbocycles. The molecule has 0 aliphatic rings. The Labute approximate surface area is 227 Å². The number of hydrogen-bond acceptors (Lipinski definition) is 5. The van der Waals surface area contributed by atoms with E-state index in [0.717, 1.165) is 4.47 Å². The van der Waals surface area contributed by atoms with Crippen LogP contribution in [0.2, 0.25) is 0 Å². The topological polar surface area (TPSA) is 80.1 Å². The number of rotatable bonds is 10. The maximum Gasteiger partial charge on any atom is 0.254 e. The Balaban J connectivity index is 1.63. The van der Waals surface area contributed by atoms with Crippen LogP contribution in [-0.2, 0) is 22.6 Å². The Morgan fingerprint density at radius 1 is 0.974 bits per heavy atom. The number of carbonyl (C=O) groups is 2. The van der Waals surface area contributed by atoms with Crippen LogP contribution in [0.15, 0.2) is 92.7 Å². The number of halogens is 2. The summed E-state index contributed by atoms with van der Waals surface area (Å²) in [4.78, 5) is 42.9. The van der Waals surface area contributed by atoms with Crippen molar-refractivity contribution in [2.24, 2.45) is 0 Å². The van der Waals surface area contributed by atoms with E-state index < -0.39 is 5.82 Å². The van der Waals surface area contributed by atoms with Crippen LogP contribution in [0, 0.1) is 5.82 Å². The van der Waals surface area contributed by atoms with Crippen LogP contribution in [0.4, 0.5) is 4.39 Å². The summed E-state index contributed by atoms with van der Waals surface area (Å²) >= 11 is 3.37. The van der Waals surface area contributed by atoms with Gasteiger partial charge in [0, 0.05) is 30.2 Å². The average Bonchev–Trinajstić information content (AvgIpc) is 2.92. The zero-order chi connectivity index (χ0) is 27.1. The van der Waals surface area contributed by atoms with Gasteiger partial charge < -0.3 is 19.0 Å². The number of nitrogens with zero attached hydrogens (tertiary/aromatic N) is 2. The largest absolute Gasteiger partial charge is 0.464 e. The fourth-order valence-corrected chi connectivity index (χ4v) is 4.40. The van der Waals surface area contributed by atoms with Crippen molar-refractivity contribution < 1.29 is 23.1 Å². The molecule has 0 atom stereocenters. The van der Waals surface area contributed by atoms with E-state index >= 15 is 0 Å². The molecule has 0 saturated heterocycles. The molecule has 0 fully saturated rings. The lowest BCUT2D eigenvalue weighted by molar-refractivity contribution is -0.133. The number of para-hydroxylation sites is 1. The summed E-state index contributed by atoms with van der Waals surface area (Å²) in [5, 5.41) is 0.408. The van der Waals surface area contributed by atoms with Crippen LogP contribution in [0.25, 0.3) is 11.0 Å². The van der Waals surface area contributed by atoms with E-state index in [1.165, 1.54) is 35.3 Å². The van der Waals surface area contributed by atoms with Gasteiger partial charge in [0.25, 0.3) is 5.91 Å². The van der Waals surface area contributed by atoms with Gasteiger partial charge in [-0.1, -0.05) is 46.3 Å². The zero-order valence-corrected chi connectivity index (χ0v) is 22.3. The zero-order valence-electron chi connectivity index (χ0n) is 20.7. The summed E-state index contributed by atoms with van der Waals surface area (Å²) in [6, 6.07) is 19.6. The summed E-state index contributed by atoms with van der Waals surface area (Å²) in [6.07, 6.45) is 1.35. The van der Waals surface area contributed by atoms with E-state index in [9.17, 15) is 18.8 Å². The first-order valence-electron chi connectivity index (χ1n) is 11.9. The van der Waals surface area contributed by atoms with Gasteiger partial charge in [0.05, 0.1) is 30.4 Å². The average molecular weight is 581 g/mol. The highest BCUT2D eigenvalue weighted by atomic mass is 79.9. The van der Waals surface area contributed by atoms with Crippen LogP contribution in [0.1, 0.15) is 21.5 Å². The number of hydrogen-bond donors (Lipinski definition) is 0. The van der Waals surface area contributed by atoms with Crippen molar-refractivity contribution >= 4 is 38.7 Å². The molecule has 0 radical (unpaired) electrons.